The van der Waals surface area contributed by atoms with Crippen LogP contribution in [-0.4, -0.2) is 27.4 Å². The lowest BCUT2D eigenvalue weighted by Crippen LogP contribution is -2.32. The van der Waals surface area contributed by atoms with Crippen molar-refractivity contribution in [3.8, 4) is 17.1 Å². The van der Waals surface area contributed by atoms with E-state index in [4.69, 9.17) is 14.9 Å². The van der Waals surface area contributed by atoms with Gasteiger partial charge in [0.25, 0.3) is 5.91 Å². The van der Waals surface area contributed by atoms with E-state index in [1.807, 2.05) is 24.3 Å². The van der Waals surface area contributed by atoms with Crippen LogP contribution in [0.5, 0.6) is 0 Å². The number of nitrogens with zero attached hydrogens (tertiary/aromatic N) is 2. The highest BCUT2D eigenvalue weighted by Crippen LogP contribution is 2.25. The van der Waals surface area contributed by atoms with E-state index in [0.29, 0.717) is 17.1 Å². The zero-order valence-corrected chi connectivity index (χ0v) is 15.9. The zero-order chi connectivity index (χ0) is 20.3. The largest absolute Gasteiger partial charge is 0.463 e. The molecule has 0 aliphatic carbocycles. The number of amides is 2. The van der Waals surface area contributed by atoms with E-state index < -0.39 is 17.6 Å². The highest BCUT2D eigenvalue weighted by atomic mass is 16.6. The van der Waals surface area contributed by atoms with Crippen molar-refractivity contribution in [2.45, 2.75) is 32.9 Å². The maximum Gasteiger partial charge on any atom is 0.407 e. The summed E-state index contributed by atoms with van der Waals surface area (Å²) in [6.45, 7) is 5.69. The molecule has 0 radical (unpaired) electrons. The van der Waals surface area contributed by atoms with Gasteiger partial charge in [-0.2, -0.15) is 5.10 Å². The van der Waals surface area contributed by atoms with Gasteiger partial charge >= 0.3 is 6.09 Å². The minimum atomic E-state index is -0.630. The second-order valence-corrected chi connectivity index (χ2v) is 7.19. The van der Waals surface area contributed by atoms with Gasteiger partial charge in [0.05, 0.1) is 12.0 Å². The summed E-state index contributed by atoms with van der Waals surface area (Å²) in [6, 6.07) is 12.5. The number of alkyl carbamates (subject to hydrolysis) is 1. The first-order chi connectivity index (χ1) is 13.2. The molecule has 28 heavy (non-hydrogen) atoms. The van der Waals surface area contributed by atoms with Gasteiger partial charge in [0.2, 0.25) is 0 Å². The van der Waals surface area contributed by atoms with Gasteiger partial charge in [-0.15, -0.1) is 0 Å². The Hall–Kier alpha value is -3.55. The molecule has 0 saturated carbocycles. The summed E-state index contributed by atoms with van der Waals surface area (Å²) in [5, 5.41) is 7.01. The Bertz CT molecular complexity index is 984. The molecule has 3 aromatic rings. The van der Waals surface area contributed by atoms with E-state index >= 15 is 0 Å². The minimum absolute atomic E-state index is 0.128. The number of hydrogen-bond donors (Lipinski definition) is 2. The predicted octanol–water partition coefficient (Wildman–Crippen LogP) is 3.26. The smallest absolute Gasteiger partial charge is 0.407 e. The van der Waals surface area contributed by atoms with Crippen molar-refractivity contribution in [1.29, 1.82) is 0 Å². The molecule has 0 bridgehead atoms. The van der Waals surface area contributed by atoms with E-state index in [1.54, 1.807) is 43.7 Å². The van der Waals surface area contributed by atoms with E-state index in [1.165, 1.54) is 6.26 Å². The second-order valence-electron chi connectivity index (χ2n) is 7.19. The average Bonchev–Trinajstić information content (AvgIpc) is 3.28. The van der Waals surface area contributed by atoms with Crippen molar-refractivity contribution in [3.63, 3.8) is 0 Å². The Labute approximate surface area is 162 Å². The van der Waals surface area contributed by atoms with Crippen LogP contribution in [0.15, 0.2) is 53.1 Å². The van der Waals surface area contributed by atoms with Crippen LogP contribution in [0.25, 0.3) is 17.1 Å². The highest BCUT2D eigenvalue weighted by Gasteiger charge is 2.18. The number of nitrogens with one attached hydrogen (secondary N) is 1. The Balaban J connectivity index is 1.86. The molecule has 8 nitrogen and oxygen atoms in total. The van der Waals surface area contributed by atoms with Crippen molar-refractivity contribution in [2.75, 3.05) is 0 Å². The molecule has 2 amide bonds. The molecular formula is C20H22N4O4. The number of ether oxygens (including phenoxy) is 1. The summed E-state index contributed by atoms with van der Waals surface area (Å²) in [5.74, 6) is -0.0772. The predicted molar refractivity (Wildman–Crippen MR) is 103 cm³/mol. The number of furan rings is 1. The van der Waals surface area contributed by atoms with E-state index in [0.717, 1.165) is 5.56 Å². The van der Waals surface area contributed by atoms with E-state index in [2.05, 4.69) is 10.4 Å². The average molecular weight is 382 g/mol. The van der Waals surface area contributed by atoms with Gasteiger partial charge < -0.3 is 20.2 Å². The normalized spacial score (nSPS) is 11.2. The third-order valence-electron chi connectivity index (χ3n) is 3.73. The highest BCUT2D eigenvalue weighted by molar-refractivity contribution is 5.92. The number of rotatable bonds is 5. The summed E-state index contributed by atoms with van der Waals surface area (Å²) in [6.07, 6.45) is 1.04. The Morgan fingerprint density at radius 1 is 1.21 bits per heavy atom. The molecule has 146 valence electrons. The Morgan fingerprint density at radius 3 is 2.64 bits per heavy atom. The van der Waals surface area contributed by atoms with Crippen molar-refractivity contribution in [1.82, 2.24) is 15.1 Å². The first-order valence-electron chi connectivity index (χ1n) is 8.73. The Kier molecular flexibility index (Phi) is 5.21. The third kappa shape index (κ3) is 4.59. The van der Waals surface area contributed by atoms with E-state index in [9.17, 15) is 9.59 Å². The van der Waals surface area contributed by atoms with Gasteiger partial charge in [-0.1, -0.05) is 12.1 Å². The minimum Gasteiger partial charge on any atom is -0.463 e. The molecule has 2 aromatic heterocycles. The molecule has 3 N–H and O–H groups in total. The van der Waals surface area contributed by atoms with Gasteiger partial charge in [-0.05, 0) is 50.6 Å². The van der Waals surface area contributed by atoms with Gasteiger partial charge in [-0.25, -0.2) is 9.48 Å². The molecule has 0 unspecified atom stereocenters. The molecule has 3 rings (SSSR count). The van der Waals surface area contributed by atoms with Crippen molar-refractivity contribution < 1.29 is 18.7 Å². The summed E-state index contributed by atoms with van der Waals surface area (Å²) >= 11 is 0. The molecule has 8 heteroatoms. The lowest BCUT2D eigenvalue weighted by atomic mass is 10.2. The van der Waals surface area contributed by atoms with Crippen LogP contribution in [0.1, 0.15) is 36.8 Å². The monoisotopic (exact) mass is 382 g/mol. The van der Waals surface area contributed by atoms with Crippen molar-refractivity contribution >= 4 is 12.0 Å². The summed E-state index contributed by atoms with van der Waals surface area (Å²) in [4.78, 5) is 23.4. The Morgan fingerprint density at radius 2 is 2.00 bits per heavy atom. The summed E-state index contributed by atoms with van der Waals surface area (Å²) in [7, 11) is 0. The van der Waals surface area contributed by atoms with Crippen LogP contribution in [0, 0.1) is 0 Å². The molecule has 0 aliphatic rings. The van der Waals surface area contributed by atoms with Crippen LogP contribution < -0.4 is 11.1 Å². The fraction of sp³-hybridized carbons (Fsp3) is 0.250. The summed E-state index contributed by atoms with van der Waals surface area (Å²) in [5.41, 5.74) is 7.07. The maximum absolute atomic E-state index is 11.9. The van der Waals surface area contributed by atoms with Gasteiger partial charge in [0.15, 0.2) is 11.5 Å². The molecule has 0 spiro atoms. The van der Waals surface area contributed by atoms with Crippen LogP contribution in [0.4, 0.5) is 4.79 Å². The quantitative estimate of drug-likeness (QED) is 0.703. The van der Waals surface area contributed by atoms with Crippen molar-refractivity contribution in [3.05, 3.63) is 60.0 Å². The van der Waals surface area contributed by atoms with Gasteiger partial charge in [-0.3, -0.25) is 4.79 Å². The standard InChI is InChI=1S/C20H22N4O4/c1-20(2,3)28-19(26)22-12-13-6-4-7-14(10-13)24-16(17-8-5-9-27-17)11-15(23-24)18(21)25/h4-11H,12H2,1-3H3,(H2,21,25)(H,22,26). The van der Waals surface area contributed by atoms with E-state index in [-0.39, 0.29) is 12.2 Å². The first kappa shape index (κ1) is 19.2. The number of carbonyl (C=O) groups is 2. The topological polar surface area (TPSA) is 112 Å². The third-order valence-corrected chi connectivity index (χ3v) is 3.73. The molecule has 0 saturated heterocycles. The zero-order valence-electron chi connectivity index (χ0n) is 15.9. The molecule has 1 aromatic carbocycles. The van der Waals surface area contributed by atoms with Crippen LogP contribution in [0.3, 0.4) is 0 Å². The maximum atomic E-state index is 11.9. The van der Waals surface area contributed by atoms with Gasteiger partial charge in [0.1, 0.15) is 11.3 Å². The van der Waals surface area contributed by atoms with Gasteiger partial charge in [0, 0.05) is 12.6 Å². The fourth-order valence-corrected chi connectivity index (χ4v) is 2.58. The molecule has 0 aliphatic heterocycles. The lowest BCUT2D eigenvalue weighted by molar-refractivity contribution is 0.0523. The van der Waals surface area contributed by atoms with Crippen LogP contribution in [-0.2, 0) is 11.3 Å². The number of nitrogens with two attached hydrogens (primary N) is 1. The molecule has 0 atom stereocenters. The molecule has 0 fully saturated rings. The van der Waals surface area contributed by atoms with Crippen molar-refractivity contribution in [2.24, 2.45) is 5.73 Å². The molecule has 2 heterocycles. The number of hydrogen-bond acceptors (Lipinski definition) is 5. The van der Waals surface area contributed by atoms with Crippen LogP contribution in [0.2, 0.25) is 0 Å². The first-order valence-corrected chi connectivity index (χ1v) is 8.73. The number of carbonyl (C=O) groups excluding carboxylic acids is 2. The number of primary amides is 1. The van der Waals surface area contributed by atoms with Crippen LogP contribution >= 0.6 is 0 Å². The summed E-state index contributed by atoms with van der Waals surface area (Å²) < 4.78 is 12.3. The fourth-order valence-electron chi connectivity index (χ4n) is 2.58. The number of aromatic nitrogens is 2. The molecular weight excluding hydrogens is 360 g/mol. The number of benzene rings is 1. The lowest BCUT2D eigenvalue weighted by Gasteiger charge is -2.19. The SMILES string of the molecule is CC(C)(C)OC(=O)NCc1cccc(-n2nc(C(N)=O)cc2-c2ccco2)c1. The second kappa shape index (κ2) is 7.59.